The molecule has 1 amide bonds. The predicted octanol–water partition coefficient (Wildman–Crippen LogP) is 1.71. The average Bonchev–Trinajstić information content (AvgIpc) is 2.69. The molecule has 2 rings (SSSR count). The molecule has 1 aliphatic heterocycles. The molecule has 1 heterocycles. The fraction of sp³-hybridized carbons (Fsp3) is 0.500. The molecule has 1 saturated heterocycles. The maximum absolute atomic E-state index is 11.8. The van der Waals surface area contributed by atoms with Gasteiger partial charge in [0.15, 0.2) is 0 Å². The molecule has 1 aromatic carbocycles. The standard InChI is InChI=1S/C12H16N2O.C2H7N/c1-3-12(2)11(15)13-9-14(12)10-7-5-4-6-8-10;1-2-3/h4-8H,3,9H2,1-2H3,(H,13,15);2-3H2,1H3. The summed E-state index contributed by atoms with van der Waals surface area (Å²) in [5, 5.41) is 2.90. The number of rotatable bonds is 2. The van der Waals surface area contributed by atoms with Crippen LogP contribution in [0, 0.1) is 0 Å². The SMILES string of the molecule is CCC1(C)C(=O)NCN1c1ccccc1.CCN. The molecule has 1 fully saturated rings. The van der Waals surface area contributed by atoms with Crippen molar-refractivity contribution in [1.29, 1.82) is 0 Å². The first-order valence-corrected chi connectivity index (χ1v) is 6.41. The molecular weight excluding hydrogens is 226 g/mol. The summed E-state index contributed by atoms with van der Waals surface area (Å²) < 4.78 is 0. The van der Waals surface area contributed by atoms with E-state index in [9.17, 15) is 4.79 Å². The largest absolute Gasteiger partial charge is 0.339 e. The Kier molecular flexibility index (Phi) is 5.16. The van der Waals surface area contributed by atoms with E-state index in [4.69, 9.17) is 5.73 Å². The molecule has 1 atom stereocenters. The molecule has 1 aromatic rings. The number of nitrogens with one attached hydrogen (secondary N) is 1. The third-order valence-electron chi connectivity index (χ3n) is 3.24. The number of hydrogen-bond acceptors (Lipinski definition) is 3. The number of hydrogen-bond donors (Lipinski definition) is 2. The topological polar surface area (TPSA) is 58.4 Å². The van der Waals surface area contributed by atoms with E-state index in [0.717, 1.165) is 18.7 Å². The number of amides is 1. The van der Waals surface area contributed by atoms with E-state index in [-0.39, 0.29) is 5.91 Å². The predicted molar refractivity (Wildman–Crippen MR) is 75.4 cm³/mol. The van der Waals surface area contributed by atoms with E-state index in [0.29, 0.717) is 6.67 Å². The zero-order chi connectivity index (χ0) is 13.6. The number of benzene rings is 1. The molecule has 1 aliphatic rings. The third-order valence-corrected chi connectivity index (χ3v) is 3.24. The number of nitrogens with zero attached hydrogens (tertiary/aromatic N) is 1. The van der Waals surface area contributed by atoms with Crippen molar-refractivity contribution in [3.63, 3.8) is 0 Å². The second-order valence-corrected chi connectivity index (χ2v) is 4.46. The maximum atomic E-state index is 11.8. The zero-order valence-corrected chi connectivity index (χ0v) is 11.4. The lowest BCUT2D eigenvalue weighted by Gasteiger charge is -2.32. The van der Waals surface area contributed by atoms with Gasteiger partial charge in [0.2, 0.25) is 5.91 Å². The first-order chi connectivity index (χ1) is 8.60. The normalized spacial score (nSPS) is 22.2. The lowest BCUT2D eigenvalue weighted by Crippen LogP contribution is -2.45. The van der Waals surface area contributed by atoms with Gasteiger partial charge in [0.05, 0.1) is 6.67 Å². The van der Waals surface area contributed by atoms with E-state index in [1.165, 1.54) is 0 Å². The highest BCUT2D eigenvalue weighted by Gasteiger charge is 2.42. The Labute approximate surface area is 109 Å². The quantitative estimate of drug-likeness (QED) is 0.839. The first-order valence-electron chi connectivity index (χ1n) is 6.41. The molecule has 0 radical (unpaired) electrons. The van der Waals surface area contributed by atoms with Crippen molar-refractivity contribution in [2.45, 2.75) is 32.7 Å². The van der Waals surface area contributed by atoms with E-state index in [1.807, 2.05) is 51.1 Å². The molecule has 18 heavy (non-hydrogen) atoms. The summed E-state index contributed by atoms with van der Waals surface area (Å²) in [7, 11) is 0. The van der Waals surface area contributed by atoms with Crippen LogP contribution in [0.5, 0.6) is 0 Å². The molecule has 0 aromatic heterocycles. The van der Waals surface area contributed by atoms with Crippen molar-refractivity contribution in [3.05, 3.63) is 30.3 Å². The summed E-state index contributed by atoms with van der Waals surface area (Å²) in [5.41, 5.74) is 5.54. The Morgan fingerprint density at radius 2 is 1.89 bits per heavy atom. The summed E-state index contributed by atoms with van der Waals surface area (Å²) >= 11 is 0. The second-order valence-electron chi connectivity index (χ2n) is 4.46. The van der Waals surface area contributed by atoms with Gasteiger partial charge < -0.3 is 16.0 Å². The van der Waals surface area contributed by atoms with Crippen molar-refractivity contribution >= 4 is 11.6 Å². The van der Waals surface area contributed by atoms with Crippen LogP contribution in [0.15, 0.2) is 30.3 Å². The second kappa shape index (κ2) is 6.40. The summed E-state index contributed by atoms with van der Waals surface area (Å²) in [6.07, 6.45) is 0.813. The van der Waals surface area contributed by atoms with E-state index < -0.39 is 5.54 Å². The van der Waals surface area contributed by atoms with E-state index in [1.54, 1.807) is 0 Å². The molecule has 0 aliphatic carbocycles. The van der Waals surface area contributed by atoms with Gasteiger partial charge in [-0.3, -0.25) is 4.79 Å². The Hall–Kier alpha value is -1.55. The van der Waals surface area contributed by atoms with Crippen LogP contribution in [-0.2, 0) is 4.79 Å². The van der Waals surface area contributed by atoms with Gasteiger partial charge in [-0.15, -0.1) is 0 Å². The summed E-state index contributed by atoms with van der Waals surface area (Å²) in [4.78, 5) is 13.9. The van der Waals surface area contributed by atoms with Crippen LogP contribution in [0.25, 0.3) is 0 Å². The minimum absolute atomic E-state index is 0.119. The molecule has 4 nitrogen and oxygen atoms in total. The monoisotopic (exact) mass is 249 g/mol. The number of para-hydroxylation sites is 1. The van der Waals surface area contributed by atoms with Crippen LogP contribution in [0.2, 0.25) is 0 Å². The van der Waals surface area contributed by atoms with Crippen molar-refractivity contribution in [3.8, 4) is 0 Å². The van der Waals surface area contributed by atoms with Crippen molar-refractivity contribution in [1.82, 2.24) is 5.32 Å². The molecule has 0 bridgehead atoms. The summed E-state index contributed by atoms with van der Waals surface area (Å²) in [5.74, 6) is 0.119. The highest BCUT2D eigenvalue weighted by molar-refractivity contribution is 5.92. The molecule has 0 spiro atoms. The highest BCUT2D eigenvalue weighted by Crippen LogP contribution is 2.29. The molecule has 4 heteroatoms. The van der Waals surface area contributed by atoms with Crippen LogP contribution in [0.3, 0.4) is 0 Å². The summed E-state index contributed by atoms with van der Waals surface area (Å²) in [6, 6.07) is 10.0. The fourth-order valence-electron chi connectivity index (χ4n) is 1.97. The highest BCUT2D eigenvalue weighted by atomic mass is 16.2. The first kappa shape index (κ1) is 14.5. The molecule has 1 unspecified atom stereocenters. The number of carbonyl (C=O) groups excluding carboxylic acids is 1. The van der Waals surface area contributed by atoms with Crippen molar-refractivity contribution < 1.29 is 4.79 Å². The van der Waals surface area contributed by atoms with E-state index >= 15 is 0 Å². The van der Waals surface area contributed by atoms with Gasteiger partial charge in [0, 0.05) is 5.69 Å². The molecule has 3 N–H and O–H groups in total. The lowest BCUT2D eigenvalue weighted by atomic mass is 9.97. The van der Waals surface area contributed by atoms with Gasteiger partial charge in [-0.1, -0.05) is 32.0 Å². The van der Waals surface area contributed by atoms with Gasteiger partial charge in [0.1, 0.15) is 5.54 Å². The Balaban J connectivity index is 0.000000492. The fourth-order valence-corrected chi connectivity index (χ4v) is 1.97. The van der Waals surface area contributed by atoms with E-state index in [2.05, 4.69) is 10.2 Å². The summed E-state index contributed by atoms with van der Waals surface area (Å²) in [6.45, 7) is 7.29. The van der Waals surface area contributed by atoms with Gasteiger partial charge in [0.25, 0.3) is 0 Å². The third kappa shape index (κ3) is 2.82. The van der Waals surface area contributed by atoms with Crippen LogP contribution in [0.4, 0.5) is 5.69 Å². The number of carbonyl (C=O) groups is 1. The lowest BCUT2D eigenvalue weighted by molar-refractivity contribution is -0.123. The minimum atomic E-state index is -0.401. The van der Waals surface area contributed by atoms with Gasteiger partial charge in [-0.2, -0.15) is 0 Å². The Morgan fingerprint density at radius 3 is 2.39 bits per heavy atom. The maximum Gasteiger partial charge on any atom is 0.247 e. The van der Waals surface area contributed by atoms with Crippen LogP contribution in [0.1, 0.15) is 27.2 Å². The van der Waals surface area contributed by atoms with Gasteiger partial charge >= 0.3 is 0 Å². The number of nitrogens with two attached hydrogens (primary N) is 1. The smallest absolute Gasteiger partial charge is 0.247 e. The van der Waals surface area contributed by atoms with Gasteiger partial charge in [-0.25, -0.2) is 0 Å². The van der Waals surface area contributed by atoms with Crippen LogP contribution < -0.4 is 16.0 Å². The minimum Gasteiger partial charge on any atom is -0.339 e. The van der Waals surface area contributed by atoms with Crippen LogP contribution in [-0.4, -0.2) is 24.7 Å². The van der Waals surface area contributed by atoms with Crippen molar-refractivity contribution in [2.75, 3.05) is 18.1 Å². The Morgan fingerprint density at radius 1 is 1.33 bits per heavy atom. The molecule has 0 saturated carbocycles. The van der Waals surface area contributed by atoms with Crippen molar-refractivity contribution in [2.24, 2.45) is 5.73 Å². The Bertz CT molecular complexity index is 380. The van der Waals surface area contributed by atoms with Gasteiger partial charge in [-0.05, 0) is 32.0 Å². The van der Waals surface area contributed by atoms with Crippen LogP contribution >= 0.6 is 0 Å². The molecular formula is C14H23N3O. The zero-order valence-electron chi connectivity index (χ0n) is 11.4. The average molecular weight is 249 g/mol. The molecule has 100 valence electrons. The number of anilines is 1.